The molecule has 27 heavy (non-hydrogen) atoms. The van der Waals surface area contributed by atoms with Gasteiger partial charge in [-0.2, -0.15) is 0 Å². The molecule has 1 amide bonds. The molecule has 0 bridgehead atoms. The van der Waals surface area contributed by atoms with E-state index in [1.807, 2.05) is 0 Å². The fourth-order valence-electron chi connectivity index (χ4n) is 3.58. The highest BCUT2D eigenvalue weighted by Crippen LogP contribution is 2.35. The molecule has 1 saturated heterocycles. The summed E-state index contributed by atoms with van der Waals surface area (Å²) in [5.41, 5.74) is 1.47. The van der Waals surface area contributed by atoms with Crippen molar-refractivity contribution in [3.05, 3.63) is 58.7 Å². The smallest absolute Gasteiger partial charge is 0.407 e. The number of halogens is 2. The Bertz CT molecular complexity index is 876. The Morgan fingerprint density at radius 2 is 1.89 bits per heavy atom. The quantitative estimate of drug-likeness (QED) is 0.767. The maximum absolute atomic E-state index is 14.7. The number of benzene rings is 2. The van der Waals surface area contributed by atoms with Gasteiger partial charge in [0.05, 0.1) is 19.1 Å². The lowest BCUT2D eigenvalue weighted by Crippen LogP contribution is -2.55. The fraction of sp³-hybridized carbons (Fsp3) is 0.316. The number of amides is 1. The van der Waals surface area contributed by atoms with Crippen LogP contribution < -0.4 is 10.1 Å². The summed E-state index contributed by atoms with van der Waals surface area (Å²) < 4.78 is 34.9. The van der Waals surface area contributed by atoms with Gasteiger partial charge in [-0.15, -0.1) is 0 Å². The van der Waals surface area contributed by atoms with Crippen molar-refractivity contribution >= 4 is 6.09 Å². The summed E-state index contributed by atoms with van der Waals surface area (Å²) in [6.45, 7) is 0.869. The monoisotopic (exact) mass is 376 g/mol. The first-order valence-electron chi connectivity index (χ1n) is 8.61. The number of nitrogens with one attached hydrogen (secondary N) is 1. The van der Waals surface area contributed by atoms with Crippen LogP contribution in [0.15, 0.2) is 30.3 Å². The van der Waals surface area contributed by atoms with Crippen molar-refractivity contribution in [2.75, 3.05) is 19.6 Å². The third-order valence-electron chi connectivity index (χ3n) is 4.94. The second kappa shape index (κ2) is 6.70. The average Bonchev–Trinajstić information content (AvgIpc) is 2.56. The number of hydrogen-bond donors (Lipinski definition) is 3. The largest absolute Gasteiger partial charge is 0.508 e. The molecule has 2 aromatic rings. The first-order valence-corrected chi connectivity index (χ1v) is 8.61. The minimum Gasteiger partial charge on any atom is -0.508 e. The van der Waals surface area contributed by atoms with Gasteiger partial charge in [0.15, 0.2) is 0 Å². The highest BCUT2D eigenvalue weighted by Gasteiger charge is 2.33. The zero-order valence-electron chi connectivity index (χ0n) is 14.3. The second-order valence-corrected chi connectivity index (χ2v) is 6.75. The van der Waals surface area contributed by atoms with Crippen LogP contribution in [0, 0.1) is 11.6 Å². The number of ether oxygens (including phenoxy) is 1. The summed E-state index contributed by atoms with van der Waals surface area (Å²) in [5.74, 6) is -1.32. The van der Waals surface area contributed by atoms with E-state index >= 15 is 0 Å². The molecule has 2 heterocycles. The lowest BCUT2D eigenvalue weighted by Gasteiger charge is -2.36. The Labute approximate surface area is 154 Å². The van der Waals surface area contributed by atoms with Crippen LogP contribution in [0.25, 0.3) is 0 Å². The van der Waals surface area contributed by atoms with Crippen molar-refractivity contribution in [2.24, 2.45) is 0 Å². The topological polar surface area (TPSA) is 82.0 Å². The van der Waals surface area contributed by atoms with E-state index in [1.54, 1.807) is 12.1 Å². The van der Waals surface area contributed by atoms with Gasteiger partial charge < -0.3 is 25.2 Å². The number of hydrogen-bond acceptors (Lipinski definition) is 4. The molecule has 8 heteroatoms. The van der Waals surface area contributed by atoms with E-state index in [2.05, 4.69) is 5.32 Å². The summed E-state index contributed by atoms with van der Waals surface area (Å²) in [6.07, 6.45) is -0.801. The molecule has 0 spiro atoms. The summed E-state index contributed by atoms with van der Waals surface area (Å²) in [5, 5.41) is 21.6. The lowest BCUT2D eigenvalue weighted by molar-refractivity contribution is 0.0248. The van der Waals surface area contributed by atoms with Crippen molar-refractivity contribution in [1.29, 1.82) is 0 Å². The number of nitrogens with zero attached hydrogens (tertiary/aromatic N) is 1. The van der Waals surface area contributed by atoms with Gasteiger partial charge in [-0.3, -0.25) is 0 Å². The molecule has 2 aromatic carbocycles. The number of rotatable bonds is 3. The van der Waals surface area contributed by atoms with Gasteiger partial charge in [-0.25, -0.2) is 13.6 Å². The highest BCUT2D eigenvalue weighted by atomic mass is 19.1. The maximum atomic E-state index is 14.7. The van der Waals surface area contributed by atoms with Crippen LogP contribution in [0.2, 0.25) is 0 Å². The van der Waals surface area contributed by atoms with E-state index < -0.39 is 29.9 Å². The van der Waals surface area contributed by atoms with Gasteiger partial charge in [0.1, 0.15) is 29.2 Å². The Hall–Kier alpha value is -2.87. The normalized spacial score (nSPS) is 19.3. The SMILES string of the molecule is O=C(O)N1CC(Oc2cc(F)c(C3NCCc4cc(O)ccc43)c(F)c2)C1. The summed E-state index contributed by atoms with van der Waals surface area (Å²) in [4.78, 5) is 11.9. The van der Waals surface area contributed by atoms with E-state index in [1.165, 1.54) is 6.07 Å². The molecule has 1 atom stereocenters. The number of phenols is 1. The third-order valence-corrected chi connectivity index (χ3v) is 4.94. The van der Waals surface area contributed by atoms with Crippen LogP contribution in [-0.2, 0) is 6.42 Å². The summed E-state index contributed by atoms with van der Waals surface area (Å²) in [6, 6.07) is 6.36. The van der Waals surface area contributed by atoms with Crippen molar-refractivity contribution in [3.63, 3.8) is 0 Å². The molecule has 4 rings (SSSR count). The summed E-state index contributed by atoms with van der Waals surface area (Å²) >= 11 is 0. The van der Waals surface area contributed by atoms with E-state index in [-0.39, 0.29) is 30.2 Å². The fourth-order valence-corrected chi connectivity index (χ4v) is 3.58. The molecule has 0 radical (unpaired) electrons. The van der Waals surface area contributed by atoms with Crippen molar-refractivity contribution in [3.8, 4) is 11.5 Å². The van der Waals surface area contributed by atoms with E-state index in [4.69, 9.17) is 9.84 Å². The van der Waals surface area contributed by atoms with Crippen LogP contribution >= 0.6 is 0 Å². The van der Waals surface area contributed by atoms with Gasteiger partial charge in [0.2, 0.25) is 0 Å². The number of phenolic OH excluding ortho intramolecular Hbond substituents is 1. The Kier molecular flexibility index (Phi) is 4.35. The molecule has 3 N–H and O–H groups in total. The predicted molar refractivity (Wildman–Crippen MR) is 92.0 cm³/mol. The minimum absolute atomic E-state index is 0.0329. The Morgan fingerprint density at radius 3 is 2.56 bits per heavy atom. The first-order chi connectivity index (χ1) is 12.9. The maximum Gasteiger partial charge on any atom is 0.407 e. The van der Waals surface area contributed by atoms with Gasteiger partial charge in [0.25, 0.3) is 0 Å². The van der Waals surface area contributed by atoms with Gasteiger partial charge in [-0.05, 0) is 29.7 Å². The van der Waals surface area contributed by atoms with Crippen LogP contribution in [0.1, 0.15) is 22.7 Å². The number of fused-ring (bicyclic) bond motifs is 1. The number of likely N-dealkylation sites (tertiary alicyclic amines) is 1. The van der Waals surface area contributed by atoms with Crippen molar-refractivity contribution in [2.45, 2.75) is 18.6 Å². The lowest BCUT2D eigenvalue weighted by atomic mass is 9.89. The third kappa shape index (κ3) is 3.28. The van der Waals surface area contributed by atoms with Crippen LogP contribution in [0.5, 0.6) is 11.5 Å². The van der Waals surface area contributed by atoms with E-state index in [9.17, 15) is 18.7 Å². The van der Waals surface area contributed by atoms with Crippen molar-refractivity contribution in [1.82, 2.24) is 10.2 Å². The molecule has 6 nitrogen and oxygen atoms in total. The zero-order valence-corrected chi connectivity index (χ0v) is 14.3. The number of carbonyl (C=O) groups is 1. The molecule has 0 saturated carbocycles. The number of carboxylic acid groups (broad SMARTS) is 1. The molecule has 142 valence electrons. The van der Waals surface area contributed by atoms with Gasteiger partial charge in [-0.1, -0.05) is 6.07 Å². The molecule has 2 aliphatic heterocycles. The second-order valence-electron chi connectivity index (χ2n) is 6.75. The Balaban J connectivity index is 1.58. The standard InChI is InChI=1S/C19H18F2N2O4/c20-15-6-12(27-13-8-23(9-13)19(25)26)7-16(21)17(15)18-14-2-1-11(24)5-10(14)3-4-22-18/h1-2,5-7,13,18,22,24H,3-4,8-9H2,(H,25,26). The molecule has 2 aliphatic rings. The van der Waals surface area contributed by atoms with Gasteiger partial charge >= 0.3 is 6.09 Å². The molecule has 0 aromatic heterocycles. The Morgan fingerprint density at radius 1 is 1.19 bits per heavy atom. The molecule has 1 unspecified atom stereocenters. The summed E-state index contributed by atoms with van der Waals surface area (Å²) in [7, 11) is 0. The predicted octanol–water partition coefficient (Wildman–Crippen LogP) is 2.65. The molecular weight excluding hydrogens is 358 g/mol. The molecular formula is C19H18F2N2O4. The van der Waals surface area contributed by atoms with Gasteiger partial charge in [0, 0.05) is 24.2 Å². The number of aromatic hydroxyl groups is 1. The van der Waals surface area contributed by atoms with Crippen LogP contribution in [0.4, 0.5) is 13.6 Å². The van der Waals surface area contributed by atoms with Crippen LogP contribution in [-0.4, -0.2) is 46.9 Å². The molecule has 1 fully saturated rings. The van der Waals surface area contributed by atoms with E-state index in [0.29, 0.717) is 13.0 Å². The average molecular weight is 376 g/mol. The zero-order chi connectivity index (χ0) is 19.1. The van der Waals surface area contributed by atoms with E-state index in [0.717, 1.165) is 28.2 Å². The van der Waals surface area contributed by atoms with Crippen LogP contribution in [0.3, 0.4) is 0 Å². The van der Waals surface area contributed by atoms with Crippen molar-refractivity contribution < 1.29 is 28.5 Å². The minimum atomic E-state index is -1.05. The highest BCUT2D eigenvalue weighted by molar-refractivity contribution is 5.66. The molecule has 0 aliphatic carbocycles. The first kappa shape index (κ1) is 17.5.